The van der Waals surface area contributed by atoms with Crippen LogP contribution in [0.3, 0.4) is 0 Å². The zero-order chi connectivity index (χ0) is 18.1. The fourth-order valence-corrected chi connectivity index (χ4v) is 2.85. The predicted molar refractivity (Wildman–Crippen MR) is 99.5 cm³/mol. The van der Waals surface area contributed by atoms with E-state index in [1.54, 1.807) is 10.7 Å². The van der Waals surface area contributed by atoms with Gasteiger partial charge >= 0.3 is 0 Å². The number of carbonyl (C=O) groups excluding carboxylic acids is 1. The number of halogens is 1. The molecule has 2 aromatic heterocycles. The van der Waals surface area contributed by atoms with Crippen molar-refractivity contribution in [3.63, 3.8) is 0 Å². The average molecular weight is 365 g/mol. The molecule has 4 aromatic rings. The topological polar surface area (TPSA) is 79.5 Å². The largest absolute Gasteiger partial charge is 0.506 e. The molecule has 4 rings (SSSR count). The van der Waals surface area contributed by atoms with Crippen molar-refractivity contribution < 1.29 is 9.90 Å². The van der Waals surface area contributed by atoms with E-state index in [1.165, 1.54) is 24.4 Å². The van der Waals surface area contributed by atoms with E-state index in [0.717, 1.165) is 11.3 Å². The molecule has 0 unspecified atom stereocenters. The van der Waals surface area contributed by atoms with Crippen LogP contribution in [0, 0.1) is 0 Å². The van der Waals surface area contributed by atoms with Crippen LogP contribution in [0.1, 0.15) is 10.4 Å². The highest BCUT2D eigenvalue weighted by Crippen LogP contribution is 2.27. The lowest BCUT2D eigenvalue weighted by Gasteiger charge is -2.07. The minimum atomic E-state index is -0.435. The number of phenols is 1. The normalized spacial score (nSPS) is 10.8. The molecule has 128 valence electrons. The van der Waals surface area contributed by atoms with Crippen LogP contribution in [0.2, 0.25) is 5.02 Å². The maximum absolute atomic E-state index is 12.6. The highest BCUT2D eigenvalue weighted by Gasteiger charge is 2.17. The van der Waals surface area contributed by atoms with Crippen LogP contribution in [-0.4, -0.2) is 25.6 Å². The number of hydrogen-bond acceptors (Lipinski definition) is 4. The van der Waals surface area contributed by atoms with Gasteiger partial charge in [0, 0.05) is 16.8 Å². The van der Waals surface area contributed by atoms with Gasteiger partial charge in [-0.25, -0.2) is 9.50 Å². The molecular weight excluding hydrogens is 352 g/mol. The van der Waals surface area contributed by atoms with Gasteiger partial charge in [-0.05, 0) is 24.3 Å². The molecule has 0 aliphatic rings. The molecule has 0 bridgehead atoms. The molecule has 0 spiro atoms. The summed E-state index contributed by atoms with van der Waals surface area (Å²) in [5, 5.41) is 17.2. The Balaban J connectivity index is 1.74. The monoisotopic (exact) mass is 364 g/mol. The number of phenolic OH excluding ortho intramolecular Hbond substituents is 1. The van der Waals surface area contributed by atoms with Crippen molar-refractivity contribution >= 4 is 28.8 Å². The van der Waals surface area contributed by atoms with Crippen LogP contribution in [0.25, 0.3) is 16.9 Å². The Labute approximate surface area is 153 Å². The first-order valence-electron chi connectivity index (χ1n) is 7.81. The SMILES string of the molecule is O=C(Nc1cc(Cl)ccc1O)c1cnn2c(-c3ccccc3)ccnc12. The number of benzene rings is 2. The zero-order valence-electron chi connectivity index (χ0n) is 13.4. The first kappa shape index (κ1) is 16.1. The van der Waals surface area contributed by atoms with E-state index in [2.05, 4.69) is 15.4 Å². The molecule has 0 atom stereocenters. The number of aromatic hydroxyl groups is 1. The minimum Gasteiger partial charge on any atom is -0.506 e. The first-order chi connectivity index (χ1) is 12.6. The second-order valence-corrected chi connectivity index (χ2v) is 6.04. The van der Waals surface area contributed by atoms with E-state index in [0.29, 0.717) is 16.2 Å². The summed E-state index contributed by atoms with van der Waals surface area (Å²) in [7, 11) is 0. The van der Waals surface area contributed by atoms with E-state index < -0.39 is 5.91 Å². The van der Waals surface area contributed by atoms with Crippen molar-refractivity contribution in [2.45, 2.75) is 0 Å². The number of fused-ring (bicyclic) bond motifs is 1. The number of carbonyl (C=O) groups is 1. The van der Waals surface area contributed by atoms with Crippen molar-refractivity contribution in [3.05, 3.63) is 77.6 Å². The molecule has 2 heterocycles. The summed E-state index contributed by atoms with van der Waals surface area (Å²) in [4.78, 5) is 16.9. The summed E-state index contributed by atoms with van der Waals surface area (Å²) < 4.78 is 1.61. The van der Waals surface area contributed by atoms with Gasteiger partial charge in [-0.15, -0.1) is 0 Å². The quantitative estimate of drug-likeness (QED) is 0.538. The summed E-state index contributed by atoms with van der Waals surface area (Å²) >= 11 is 5.92. The lowest BCUT2D eigenvalue weighted by molar-refractivity contribution is 0.102. The van der Waals surface area contributed by atoms with E-state index in [4.69, 9.17) is 11.6 Å². The zero-order valence-corrected chi connectivity index (χ0v) is 14.2. The Bertz CT molecular complexity index is 1110. The van der Waals surface area contributed by atoms with Crippen molar-refractivity contribution in [1.82, 2.24) is 14.6 Å². The van der Waals surface area contributed by atoms with Crippen LogP contribution in [0.4, 0.5) is 5.69 Å². The third kappa shape index (κ3) is 2.87. The fourth-order valence-electron chi connectivity index (χ4n) is 2.68. The number of amides is 1. The lowest BCUT2D eigenvalue weighted by atomic mass is 10.1. The Morgan fingerprint density at radius 2 is 1.92 bits per heavy atom. The molecule has 6 nitrogen and oxygen atoms in total. The second kappa shape index (κ2) is 6.50. The maximum Gasteiger partial charge on any atom is 0.261 e. The van der Waals surface area contributed by atoms with E-state index >= 15 is 0 Å². The predicted octanol–water partition coefficient (Wildman–Crippen LogP) is 4.01. The molecule has 26 heavy (non-hydrogen) atoms. The molecule has 0 fully saturated rings. The molecule has 2 N–H and O–H groups in total. The standard InChI is InChI=1S/C19H13ClN4O2/c20-13-6-7-17(25)15(10-13)23-19(26)14-11-22-24-16(8-9-21-18(14)24)12-4-2-1-3-5-12/h1-11,25H,(H,23,26). The molecule has 0 radical (unpaired) electrons. The summed E-state index contributed by atoms with van der Waals surface area (Å²) in [6.07, 6.45) is 3.08. The molecule has 0 aliphatic carbocycles. The molecule has 0 saturated heterocycles. The number of aromatic nitrogens is 3. The second-order valence-electron chi connectivity index (χ2n) is 5.61. The summed E-state index contributed by atoms with van der Waals surface area (Å²) in [6.45, 7) is 0. The maximum atomic E-state index is 12.6. The number of nitrogens with zero attached hydrogens (tertiary/aromatic N) is 3. The van der Waals surface area contributed by atoms with Gasteiger partial charge in [0.1, 0.15) is 11.3 Å². The fraction of sp³-hybridized carbons (Fsp3) is 0. The number of hydrogen-bond donors (Lipinski definition) is 2. The van der Waals surface area contributed by atoms with Gasteiger partial charge in [0.15, 0.2) is 5.65 Å². The highest BCUT2D eigenvalue weighted by molar-refractivity contribution is 6.31. The summed E-state index contributed by atoms with van der Waals surface area (Å²) in [5.41, 5.74) is 2.72. The van der Waals surface area contributed by atoms with Gasteiger partial charge in [0.05, 0.1) is 17.6 Å². The van der Waals surface area contributed by atoms with Crippen LogP contribution in [0.15, 0.2) is 67.0 Å². The summed E-state index contributed by atoms with van der Waals surface area (Å²) in [6, 6.07) is 16.0. The van der Waals surface area contributed by atoms with Crippen LogP contribution in [0.5, 0.6) is 5.75 Å². The van der Waals surface area contributed by atoms with E-state index in [9.17, 15) is 9.90 Å². The van der Waals surface area contributed by atoms with Gasteiger partial charge in [0.2, 0.25) is 0 Å². The van der Waals surface area contributed by atoms with E-state index in [-0.39, 0.29) is 11.4 Å². The van der Waals surface area contributed by atoms with Crippen LogP contribution in [-0.2, 0) is 0 Å². The summed E-state index contributed by atoms with van der Waals surface area (Å²) in [5.74, 6) is -0.507. The Hall–Kier alpha value is -3.38. The number of nitrogens with one attached hydrogen (secondary N) is 1. The number of rotatable bonds is 3. The smallest absolute Gasteiger partial charge is 0.261 e. The number of anilines is 1. The highest BCUT2D eigenvalue weighted by atomic mass is 35.5. The molecular formula is C19H13ClN4O2. The third-order valence-electron chi connectivity index (χ3n) is 3.92. The van der Waals surface area contributed by atoms with Gasteiger partial charge in [-0.2, -0.15) is 5.10 Å². The van der Waals surface area contributed by atoms with Crippen molar-refractivity contribution in [1.29, 1.82) is 0 Å². The van der Waals surface area contributed by atoms with Crippen molar-refractivity contribution in [2.75, 3.05) is 5.32 Å². The van der Waals surface area contributed by atoms with Gasteiger partial charge in [-0.1, -0.05) is 41.9 Å². The van der Waals surface area contributed by atoms with Crippen LogP contribution >= 0.6 is 11.6 Å². The van der Waals surface area contributed by atoms with E-state index in [1.807, 2.05) is 36.4 Å². The van der Waals surface area contributed by atoms with Gasteiger partial charge in [-0.3, -0.25) is 4.79 Å². The Kier molecular flexibility index (Phi) is 4.02. The minimum absolute atomic E-state index is 0.0721. The lowest BCUT2D eigenvalue weighted by Crippen LogP contribution is -2.12. The molecule has 2 aromatic carbocycles. The van der Waals surface area contributed by atoms with Gasteiger partial charge in [0.25, 0.3) is 5.91 Å². The van der Waals surface area contributed by atoms with Crippen LogP contribution < -0.4 is 5.32 Å². The third-order valence-corrected chi connectivity index (χ3v) is 4.16. The van der Waals surface area contributed by atoms with Crippen molar-refractivity contribution in [3.8, 4) is 17.0 Å². The molecule has 0 aliphatic heterocycles. The average Bonchev–Trinajstić information content (AvgIpc) is 3.10. The molecule has 0 saturated carbocycles. The molecule has 7 heteroatoms. The molecule has 1 amide bonds. The first-order valence-corrected chi connectivity index (χ1v) is 8.19. The Morgan fingerprint density at radius 3 is 2.73 bits per heavy atom. The van der Waals surface area contributed by atoms with Crippen molar-refractivity contribution in [2.24, 2.45) is 0 Å². The van der Waals surface area contributed by atoms with Gasteiger partial charge < -0.3 is 10.4 Å². The Morgan fingerprint density at radius 1 is 1.12 bits per heavy atom.